The van der Waals surface area contributed by atoms with E-state index in [4.69, 9.17) is 0 Å². The number of phenols is 2. The Balaban J connectivity index is 2.76. The van der Waals surface area contributed by atoms with Gasteiger partial charge >= 0.3 is 0 Å². The summed E-state index contributed by atoms with van der Waals surface area (Å²) < 4.78 is 0. The van der Waals surface area contributed by atoms with Gasteiger partial charge in [0.05, 0.1) is 0 Å². The van der Waals surface area contributed by atoms with Gasteiger partial charge in [-0.25, -0.2) is 0 Å². The molecule has 2 aromatic rings. The lowest BCUT2D eigenvalue weighted by atomic mass is 9.75. The first-order chi connectivity index (χ1) is 14.4. The second-order valence-corrected chi connectivity index (χ2v) is 11.1. The quantitative estimate of drug-likeness (QED) is 0.451. The van der Waals surface area contributed by atoms with Crippen LogP contribution in [0.2, 0.25) is 0 Å². The molecule has 0 saturated carbocycles. The molecule has 0 amide bonds. The molecule has 0 spiro atoms. The van der Waals surface area contributed by atoms with E-state index in [1.54, 1.807) is 0 Å². The topological polar surface area (TPSA) is 40.5 Å². The first kappa shape index (κ1) is 25.3. The molecular weight excluding hydrogens is 380 g/mol. The van der Waals surface area contributed by atoms with Crippen LogP contribution < -0.4 is 0 Å². The minimum Gasteiger partial charge on any atom is -0.508 e. The molecule has 0 saturated heterocycles. The summed E-state index contributed by atoms with van der Waals surface area (Å²) in [5.74, 6) is 0.737. The second kappa shape index (κ2) is 10.1. The van der Waals surface area contributed by atoms with E-state index >= 15 is 0 Å². The number of benzene rings is 2. The van der Waals surface area contributed by atoms with Gasteiger partial charge in [-0.05, 0) is 101 Å². The molecule has 2 aromatic carbocycles. The summed E-state index contributed by atoms with van der Waals surface area (Å²) >= 11 is 0. The number of unbranched alkanes of at least 4 members (excludes halogenated alkanes) is 2. The minimum absolute atomic E-state index is 0.0581. The van der Waals surface area contributed by atoms with Crippen LogP contribution in [0.1, 0.15) is 114 Å². The van der Waals surface area contributed by atoms with Gasteiger partial charge in [0.1, 0.15) is 11.5 Å². The average molecular weight is 425 g/mol. The summed E-state index contributed by atoms with van der Waals surface area (Å²) in [6.07, 6.45) is 7.31. The molecule has 2 nitrogen and oxygen atoms in total. The number of aryl methyl sites for hydroxylation is 2. The molecule has 0 aromatic heterocycles. The van der Waals surface area contributed by atoms with Crippen molar-refractivity contribution in [2.24, 2.45) is 0 Å². The van der Waals surface area contributed by atoms with Crippen LogP contribution in [-0.2, 0) is 30.1 Å². The Kier molecular flexibility index (Phi) is 8.25. The second-order valence-electron chi connectivity index (χ2n) is 11.1. The van der Waals surface area contributed by atoms with Gasteiger partial charge in [0.2, 0.25) is 0 Å². The molecular formula is C29H44O2. The van der Waals surface area contributed by atoms with Crippen molar-refractivity contribution in [1.29, 1.82) is 0 Å². The van der Waals surface area contributed by atoms with E-state index in [2.05, 4.69) is 55.4 Å². The third-order valence-corrected chi connectivity index (χ3v) is 6.22. The van der Waals surface area contributed by atoms with Crippen molar-refractivity contribution in [3.63, 3.8) is 0 Å². The van der Waals surface area contributed by atoms with Crippen molar-refractivity contribution < 1.29 is 10.2 Å². The zero-order chi connectivity index (χ0) is 23.4. The Hall–Kier alpha value is -1.96. The number of aromatic hydroxyl groups is 2. The summed E-state index contributed by atoms with van der Waals surface area (Å²) in [7, 11) is 0. The summed E-state index contributed by atoms with van der Waals surface area (Å²) in [5, 5.41) is 21.0. The fraction of sp³-hybridized carbons (Fsp3) is 0.586. The van der Waals surface area contributed by atoms with Crippen molar-refractivity contribution in [2.45, 2.75) is 111 Å². The Morgan fingerprint density at radius 2 is 0.968 bits per heavy atom. The summed E-state index contributed by atoms with van der Waals surface area (Å²) in [6.45, 7) is 17.8. The third kappa shape index (κ3) is 6.51. The predicted molar refractivity (Wildman–Crippen MR) is 134 cm³/mol. The van der Waals surface area contributed by atoms with E-state index in [0.29, 0.717) is 11.5 Å². The van der Waals surface area contributed by atoms with E-state index in [-0.39, 0.29) is 10.8 Å². The molecule has 2 N–H and O–H groups in total. The van der Waals surface area contributed by atoms with E-state index in [1.165, 1.54) is 33.4 Å². The van der Waals surface area contributed by atoms with Crippen LogP contribution in [0.15, 0.2) is 24.3 Å². The Morgan fingerprint density at radius 1 is 0.613 bits per heavy atom. The molecule has 2 heteroatoms. The fourth-order valence-electron chi connectivity index (χ4n) is 4.54. The van der Waals surface area contributed by atoms with E-state index in [0.717, 1.165) is 44.9 Å². The third-order valence-electron chi connectivity index (χ3n) is 6.22. The molecule has 0 bridgehead atoms. The number of hydrogen-bond donors (Lipinski definition) is 2. The fourth-order valence-corrected chi connectivity index (χ4v) is 4.54. The standard InChI is InChI=1S/C29H44O2/c1-9-11-13-20-15-22(30)17-26(28(3,4)5)24(20)19-25-21(14-12-10-2)16-23(31)18-27(25)29(6,7)8/h15-18,30-31H,9-14,19H2,1-8H3. The predicted octanol–water partition coefficient (Wildman–Crippen LogP) is 7.97. The van der Waals surface area contributed by atoms with Crippen molar-refractivity contribution in [3.05, 3.63) is 57.6 Å². The smallest absolute Gasteiger partial charge is 0.116 e. The van der Waals surface area contributed by atoms with Gasteiger partial charge in [-0.1, -0.05) is 68.2 Å². The van der Waals surface area contributed by atoms with Gasteiger partial charge < -0.3 is 10.2 Å². The maximum atomic E-state index is 10.5. The SMILES string of the molecule is CCCCc1cc(O)cc(C(C)(C)C)c1Cc1c(CCCC)cc(O)cc1C(C)(C)C. The Morgan fingerprint density at radius 3 is 1.26 bits per heavy atom. The largest absolute Gasteiger partial charge is 0.508 e. The summed E-state index contributed by atoms with van der Waals surface area (Å²) in [5.41, 5.74) is 7.58. The highest BCUT2D eigenvalue weighted by Crippen LogP contribution is 2.38. The Labute approximate surface area is 190 Å². The molecule has 0 heterocycles. The molecule has 2 rings (SSSR count). The normalized spacial score (nSPS) is 12.4. The summed E-state index contributed by atoms with van der Waals surface area (Å²) in [4.78, 5) is 0. The van der Waals surface area contributed by atoms with Crippen LogP contribution >= 0.6 is 0 Å². The van der Waals surface area contributed by atoms with Crippen molar-refractivity contribution >= 4 is 0 Å². The first-order valence-corrected chi connectivity index (χ1v) is 12.1. The van der Waals surface area contributed by atoms with Crippen LogP contribution in [-0.4, -0.2) is 10.2 Å². The lowest BCUT2D eigenvalue weighted by molar-refractivity contribution is 0.468. The molecule has 0 unspecified atom stereocenters. The molecule has 0 aliphatic carbocycles. The lowest BCUT2D eigenvalue weighted by Crippen LogP contribution is -2.20. The van der Waals surface area contributed by atoms with Gasteiger partial charge in [-0.3, -0.25) is 0 Å². The zero-order valence-electron chi connectivity index (χ0n) is 21.2. The molecule has 0 atom stereocenters. The van der Waals surface area contributed by atoms with E-state index in [9.17, 15) is 10.2 Å². The maximum Gasteiger partial charge on any atom is 0.116 e. The number of hydrogen-bond acceptors (Lipinski definition) is 2. The van der Waals surface area contributed by atoms with Gasteiger partial charge in [0.15, 0.2) is 0 Å². The maximum absolute atomic E-state index is 10.5. The van der Waals surface area contributed by atoms with Crippen LogP contribution in [0.3, 0.4) is 0 Å². The molecule has 172 valence electrons. The van der Waals surface area contributed by atoms with Crippen molar-refractivity contribution in [3.8, 4) is 11.5 Å². The highest BCUT2D eigenvalue weighted by atomic mass is 16.3. The lowest BCUT2D eigenvalue weighted by Gasteiger charge is -2.30. The monoisotopic (exact) mass is 424 g/mol. The van der Waals surface area contributed by atoms with Crippen molar-refractivity contribution in [1.82, 2.24) is 0 Å². The van der Waals surface area contributed by atoms with Crippen LogP contribution in [0, 0.1) is 0 Å². The van der Waals surface area contributed by atoms with E-state index in [1.807, 2.05) is 24.3 Å². The zero-order valence-corrected chi connectivity index (χ0v) is 21.2. The van der Waals surface area contributed by atoms with Gasteiger partial charge in [0, 0.05) is 0 Å². The summed E-state index contributed by atoms with van der Waals surface area (Å²) in [6, 6.07) is 7.88. The van der Waals surface area contributed by atoms with Gasteiger partial charge in [-0.15, -0.1) is 0 Å². The van der Waals surface area contributed by atoms with Gasteiger partial charge in [0.25, 0.3) is 0 Å². The van der Waals surface area contributed by atoms with Crippen LogP contribution in [0.4, 0.5) is 0 Å². The molecule has 0 fully saturated rings. The highest BCUT2D eigenvalue weighted by Gasteiger charge is 2.26. The molecule has 0 aliphatic heterocycles. The van der Waals surface area contributed by atoms with Crippen LogP contribution in [0.25, 0.3) is 0 Å². The number of phenolic OH excluding ortho intramolecular Hbond substituents is 2. The molecule has 0 aliphatic rings. The van der Waals surface area contributed by atoms with E-state index < -0.39 is 0 Å². The average Bonchev–Trinajstić information content (AvgIpc) is 2.65. The Bertz CT molecular complexity index is 806. The highest BCUT2D eigenvalue weighted by molar-refractivity contribution is 5.52. The van der Waals surface area contributed by atoms with Crippen LogP contribution in [0.5, 0.6) is 11.5 Å². The first-order valence-electron chi connectivity index (χ1n) is 12.1. The van der Waals surface area contributed by atoms with Gasteiger partial charge in [-0.2, -0.15) is 0 Å². The van der Waals surface area contributed by atoms with Crippen molar-refractivity contribution in [2.75, 3.05) is 0 Å². The molecule has 31 heavy (non-hydrogen) atoms. The molecule has 0 radical (unpaired) electrons. The number of rotatable bonds is 8. The minimum atomic E-state index is -0.0581.